The molecule has 0 aliphatic rings. The van der Waals surface area contributed by atoms with Gasteiger partial charge in [0.15, 0.2) is 6.10 Å². The molecular weight excluding hydrogens is 1020 g/mol. The highest BCUT2D eigenvalue weighted by Gasteiger charge is 2.20. The number of esters is 3. The Morgan fingerprint density at radius 2 is 0.434 bits per heavy atom. The molecule has 0 radical (unpaired) electrons. The average molecular weight is 1170 g/mol. The highest BCUT2D eigenvalue weighted by Crippen LogP contribution is 2.20. The van der Waals surface area contributed by atoms with Crippen LogP contribution >= 0.6 is 0 Å². The van der Waals surface area contributed by atoms with Gasteiger partial charge < -0.3 is 14.2 Å². The third-order valence-electron chi connectivity index (χ3n) is 17.5. The first-order valence-electron chi connectivity index (χ1n) is 37.8. The fraction of sp³-hybridized carbons (Fsp3) is 0.909. The van der Waals surface area contributed by atoms with E-state index in [2.05, 4.69) is 45.1 Å². The van der Waals surface area contributed by atoms with Crippen molar-refractivity contribution in [3.05, 3.63) is 24.3 Å². The molecule has 0 spiro atoms. The Hall–Kier alpha value is -2.11. The minimum Gasteiger partial charge on any atom is -0.462 e. The molecule has 0 aromatic carbocycles. The minimum atomic E-state index is -0.770. The van der Waals surface area contributed by atoms with Crippen molar-refractivity contribution >= 4 is 17.9 Å². The van der Waals surface area contributed by atoms with Crippen LogP contribution in [0.25, 0.3) is 0 Å². The third kappa shape index (κ3) is 70.5. The molecule has 1 atom stereocenters. The molecule has 0 aromatic rings. The molecule has 0 bridgehead atoms. The second-order valence-corrected chi connectivity index (χ2v) is 25.9. The number of rotatable bonds is 71. The Kier molecular flexibility index (Phi) is 70.5. The zero-order valence-corrected chi connectivity index (χ0v) is 56.5. The van der Waals surface area contributed by atoms with Crippen LogP contribution in [0.3, 0.4) is 0 Å². The number of carbonyl (C=O) groups excluding carboxylic acids is 3. The van der Waals surface area contributed by atoms with Crippen LogP contribution in [0.5, 0.6) is 0 Å². The first-order valence-corrected chi connectivity index (χ1v) is 37.8. The third-order valence-corrected chi connectivity index (χ3v) is 17.5. The average Bonchev–Trinajstić information content (AvgIpc) is 3.49. The predicted molar refractivity (Wildman–Crippen MR) is 363 cm³/mol. The molecule has 83 heavy (non-hydrogen) atoms. The van der Waals surface area contributed by atoms with Crippen molar-refractivity contribution in [2.24, 2.45) is 0 Å². The van der Waals surface area contributed by atoms with Crippen LogP contribution in [0.1, 0.15) is 432 Å². The lowest BCUT2D eigenvalue weighted by Gasteiger charge is -2.18. The molecule has 490 valence electrons. The van der Waals surface area contributed by atoms with E-state index in [0.29, 0.717) is 19.3 Å². The molecular formula is C77H146O6. The van der Waals surface area contributed by atoms with Gasteiger partial charge >= 0.3 is 17.9 Å². The summed E-state index contributed by atoms with van der Waals surface area (Å²) in [5.41, 5.74) is 0. The van der Waals surface area contributed by atoms with Gasteiger partial charge in [-0.05, 0) is 51.4 Å². The second kappa shape index (κ2) is 72.4. The first-order chi connectivity index (χ1) is 41.0. The van der Waals surface area contributed by atoms with Crippen molar-refractivity contribution in [2.45, 2.75) is 438 Å². The molecule has 0 fully saturated rings. The zero-order chi connectivity index (χ0) is 59.9. The summed E-state index contributed by atoms with van der Waals surface area (Å²) in [5.74, 6) is -0.844. The Morgan fingerprint density at radius 1 is 0.241 bits per heavy atom. The van der Waals surface area contributed by atoms with Crippen LogP contribution in [-0.4, -0.2) is 37.2 Å². The van der Waals surface area contributed by atoms with E-state index >= 15 is 0 Å². The van der Waals surface area contributed by atoms with E-state index in [1.807, 2.05) is 0 Å². The van der Waals surface area contributed by atoms with Gasteiger partial charge in [-0.2, -0.15) is 0 Å². The van der Waals surface area contributed by atoms with Crippen molar-refractivity contribution < 1.29 is 28.6 Å². The molecule has 0 aliphatic carbocycles. The molecule has 0 N–H and O–H groups in total. The predicted octanol–water partition coefficient (Wildman–Crippen LogP) is 26.1. The lowest BCUT2D eigenvalue weighted by Crippen LogP contribution is -2.30. The summed E-state index contributed by atoms with van der Waals surface area (Å²) in [5, 5.41) is 0. The molecule has 0 heterocycles. The van der Waals surface area contributed by atoms with Crippen LogP contribution in [0, 0.1) is 0 Å². The van der Waals surface area contributed by atoms with Gasteiger partial charge in [0.05, 0.1) is 0 Å². The lowest BCUT2D eigenvalue weighted by molar-refractivity contribution is -0.167. The number of unbranched alkanes of at least 4 members (excludes halogenated alkanes) is 56. The summed E-state index contributed by atoms with van der Waals surface area (Å²) in [6.45, 7) is 6.69. The maximum Gasteiger partial charge on any atom is 0.306 e. The van der Waals surface area contributed by atoms with Gasteiger partial charge in [0.1, 0.15) is 13.2 Å². The molecule has 0 rings (SSSR count). The van der Waals surface area contributed by atoms with Crippen molar-refractivity contribution in [2.75, 3.05) is 13.2 Å². The lowest BCUT2D eigenvalue weighted by atomic mass is 10.0. The minimum absolute atomic E-state index is 0.0670. The fourth-order valence-corrected chi connectivity index (χ4v) is 11.8. The van der Waals surface area contributed by atoms with Crippen LogP contribution in [-0.2, 0) is 28.6 Å². The number of allylic oxidation sites excluding steroid dienone is 4. The van der Waals surface area contributed by atoms with E-state index in [1.54, 1.807) is 0 Å². The quantitative estimate of drug-likeness (QED) is 0.0261. The van der Waals surface area contributed by atoms with Crippen LogP contribution in [0.15, 0.2) is 24.3 Å². The SMILES string of the molecule is CCCCCCC/C=C\C/C=C\CCCCCCCCCCCC(=O)OC(COC(=O)CCCCCCCCCCC)COC(=O)CCCCCCCCCCCCCCCCCCCCCCCCCCCCCCCCCCCCC. The molecule has 0 aliphatic heterocycles. The highest BCUT2D eigenvalue weighted by molar-refractivity contribution is 5.71. The van der Waals surface area contributed by atoms with Gasteiger partial charge in [0.25, 0.3) is 0 Å². The van der Waals surface area contributed by atoms with Crippen LogP contribution in [0.4, 0.5) is 0 Å². The normalized spacial score (nSPS) is 12.1. The van der Waals surface area contributed by atoms with E-state index < -0.39 is 6.10 Å². The van der Waals surface area contributed by atoms with Gasteiger partial charge in [-0.15, -0.1) is 0 Å². The number of ether oxygens (including phenoxy) is 3. The summed E-state index contributed by atoms with van der Waals surface area (Å²) < 4.78 is 16.9. The summed E-state index contributed by atoms with van der Waals surface area (Å²) in [4.78, 5) is 38.3. The van der Waals surface area contributed by atoms with Crippen molar-refractivity contribution in [1.82, 2.24) is 0 Å². The second-order valence-electron chi connectivity index (χ2n) is 25.9. The van der Waals surface area contributed by atoms with E-state index in [9.17, 15) is 14.4 Å². The summed E-state index contributed by atoms with van der Waals surface area (Å²) in [6, 6.07) is 0. The van der Waals surface area contributed by atoms with Gasteiger partial charge in [-0.25, -0.2) is 0 Å². The summed E-state index contributed by atoms with van der Waals surface area (Å²) >= 11 is 0. The fourth-order valence-electron chi connectivity index (χ4n) is 11.8. The van der Waals surface area contributed by atoms with E-state index in [1.165, 1.54) is 327 Å². The number of carbonyl (C=O) groups is 3. The van der Waals surface area contributed by atoms with Crippen LogP contribution in [0.2, 0.25) is 0 Å². The van der Waals surface area contributed by atoms with Gasteiger partial charge in [0.2, 0.25) is 0 Å². The Balaban J connectivity index is 3.99. The van der Waals surface area contributed by atoms with Gasteiger partial charge in [0, 0.05) is 19.3 Å². The zero-order valence-electron chi connectivity index (χ0n) is 56.5. The van der Waals surface area contributed by atoms with Crippen LogP contribution < -0.4 is 0 Å². The Labute approximate surface area is 519 Å². The largest absolute Gasteiger partial charge is 0.462 e. The monoisotopic (exact) mass is 1170 g/mol. The maximum absolute atomic E-state index is 12.9. The topological polar surface area (TPSA) is 78.9 Å². The summed E-state index contributed by atoms with van der Waals surface area (Å²) in [7, 11) is 0. The maximum atomic E-state index is 12.9. The van der Waals surface area contributed by atoms with E-state index in [4.69, 9.17) is 14.2 Å². The molecule has 6 nitrogen and oxygen atoms in total. The smallest absolute Gasteiger partial charge is 0.306 e. The number of hydrogen-bond donors (Lipinski definition) is 0. The Bertz CT molecular complexity index is 1340. The van der Waals surface area contributed by atoms with E-state index in [0.717, 1.165) is 64.2 Å². The van der Waals surface area contributed by atoms with Crippen molar-refractivity contribution in [3.63, 3.8) is 0 Å². The van der Waals surface area contributed by atoms with Crippen molar-refractivity contribution in [1.29, 1.82) is 0 Å². The molecule has 0 saturated heterocycles. The molecule has 0 aromatic heterocycles. The van der Waals surface area contributed by atoms with Gasteiger partial charge in [-0.3, -0.25) is 14.4 Å². The highest BCUT2D eigenvalue weighted by atomic mass is 16.6. The van der Waals surface area contributed by atoms with Gasteiger partial charge in [-0.1, -0.05) is 385 Å². The van der Waals surface area contributed by atoms with Crippen molar-refractivity contribution in [3.8, 4) is 0 Å². The first kappa shape index (κ1) is 80.9. The molecule has 0 saturated carbocycles. The molecule has 6 heteroatoms. The Morgan fingerprint density at radius 3 is 0.663 bits per heavy atom. The molecule has 1 unspecified atom stereocenters. The van der Waals surface area contributed by atoms with E-state index in [-0.39, 0.29) is 31.1 Å². The molecule has 0 amide bonds. The standard InChI is InChI=1S/C77H146O6/c1-4-7-10-13-16-19-21-23-25-27-29-31-32-33-34-35-36-37-38-39-40-41-42-43-44-46-47-49-51-53-55-58-61-64-67-70-76(79)82-73-74(72-81-75(78)69-66-63-60-57-18-15-12-9-6-3)83-77(80)71-68-65-62-59-56-54-52-50-48-45-30-28-26-24-22-20-17-14-11-8-5-2/h22,24,28,30,74H,4-21,23,25-27,29,31-73H2,1-3H3/b24-22-,30-28-. The number of hydrogen-bond acceptors (Lipinski definition) is 6. The summed E-state index contributed by atoms with van der Waals surface area (Å²) in [6.07, 6.45) is 89.7.